The van der Waals surface area contributed by atoms with E-state index in [1.54, 1.807) is 10.6 Å². The van der Waals surface area contributed by atoms with E-state index in [9.17, 15) is 9.59 Å². The molecule has 1 amide bonds. The van der Waals surface area contributed by atoms with Gasteiger partial charge in [0.25, 0.3) is 5.56 Å². The highest BCUT2D eigenvalue weighted by molar-refractivity contribution is 7.99. The van der Waals surface area contributed by atoms with Gasteiger partial charge in [-0.05, 0) is 49.9 Å². The number of aryl methyl sites for hydroxylation is 3. The van der Waals surface area contributed by atoms with Crippen molar-refractivity contribution in [1.29, 1.82) is 0 Å². The maximum Gasteiger partial charge on any atom is 0.261 e. The van der Waals surface area contributed by atoms with Gasteiger partial charge in [-0.15, -0.1) is 10.2 Å². The molecule has 0 aliphatic carbocycles. The van der Waals surface area contributed by atoms with Crippen molar-refractivity contribution in [3.8, 4) is 0 Å². The number of anilines is 1. The van der Waals surface area contributed by atoms with E-state index < -0.39 is 0 Å². The highest BCUT2D eigenvalue weighted by Crippen LogP contribution is 2.28. The number of carbonyl (C=O) groups is 1. The molecule has 0 atom stereocenters. The minimum Gasteiger partial charge on any atom is -0.311 e. The van der Waals surface area contributed by atoms with Gasteiger partial charge in [0, 0.05) is 43.2 Å². The number of carbonyl (C=O) groups excluding carboxylic acids is 1. The van der Waals surface area contributed by atoms with Gasteiger partial charge >= 0.3 is 0 Å². The van der Waals surface area contributed by atoms with Crippen LogP contribution >= 0.6 is 11.8 Å². The number of amides is 1. The molecule has 34 heavy (non-hydrogen) atoms. The average Bonchev–Trinajstić information content (AvgIpc) is 3.19. The lowest BCUT2D eigenvalue weighted by atomic mass is 10.0. The Kier molecular flexibility index (Phi) is 5.95. The molecule has 9 heteroatoms. The molecule has 0 radical (unpaired) electrons. The molecule has 0 spiro atoms. The lowest BCUT2D eigenvalue weighted by Crippen LogP contribution is -2.36. The summed E-state index contributed by atoms with van der Waals surface area (Å²) in [5.74, 6) is 0.997. The molecule has 0 N–H and O–H groups in total. The van der Waals surface area contributed by atoms with Gasteiger partial charge in [0.05, 0.1) is 5.75 Å². The van der Waals surface area contributed by atoms with E-state index in [-0.39, 0.29) is 17.2 Å². The summed E-state index contributed by atoms with van der Waals surface area (Å²) in [4.78, 5) is 32.6. The number of thioether (sulfide) groups is 1. The van der Waals surface area contributed by atoms with Gasteiger partial charge in [0.1, 0.15) is 11.5 Å². The predicted molar refractivity (Wildman–Crippen MR) is 133 cm³/mol. The first-order valence-corrected chi connectivity index (χ1v) is 12.3. The van der Waals surface area contributed by atoms with Crippen molar-refractivity contribution in [2.75, 3.05) is 17.2 Å². The zero-order valence-corrected chi connectivity index (χ0v) is 20.3. The van der Waals surface area contributed by atoms with Gasteiger partial charge in [0.15, 0.2) is 5.16 Å². The number of hydrogen-bond donors (Lipinski definition) is 0. The lowest BCUT2D eigenvalue weighted by Gasteiger charge is -2.29. The van der Waals surface area contributed by atoms with Gasteiger partial charge in [-0.2, -0.15) is 0 Å². The summed E-state index contributed by atoms with van der Waals surface area (Å²) in [6.45, 7) is 4.53. The van der Waals surface area contributed by atoms with E-state index in [2.05, 4.69) is 21.2 Å². The zero-order chi connectivity index (χ0) is 23.8. The number of rotatable bonds is 5. The van der Waals surface area contributed by atoms with E-state index in [4.69, 9.17) is 0 Å². The molecule has 174 valence electrons. The van der Waals surface area contributed by atoms with Crippen molar-refractivity contribution in [3.63, 3.8) is 0 Å². The fourth-order valence-electron chi connectivity index (χ4n) is 4.42. The third-order valence-corrected chi connectivity index (χ3v) is 7.35. The van der Waals surface area contributed by atoms with Crippen LogP contribution in [0, 0.1) is 13.8 Å². The van der Waals surface area contributed by atoms with Crippen LogP contribution in [0.2, 0.25) is 0 Å². The SMILES string of the molecule is Cc1nc2c(C)cccn2c(=O)c1Cc1nnc(SCC(=O)N2CCCc3ccccc32)n1C. The predicted octanol–water partition coefficient (Wildman–Crippen LogP) is 3.10. The Labute approximate surface area is 201 Å². The Morgan fingerprint density at radius 2 is 1.94 bits per heavy atom. The van der Waals surface area contributed by atoms with Gasteiger partial charge in [-0.3, -0.25) is 14.0 Å². The molecule has 5 rings (SSSR count). The van der Waals surface area contributed by atoms with E-state index in [0.717, 1.165) is 30.6 Å². The Morgan fingerprint density at radius 3 is 2.79 bits per heavy atom. The lowest BCUT2D eigenvalue weighted by molar-refractivity contribution is -0.116. The van der Waals surface area contributed by atoms with Crippen molar-refractivity contribution in [1.82, 2.24) is 24.1 Å². The quantitative estimate of drug-likeness (QED) is 0.413. The summed E-state index contributed by atoms with van der Waals surface area (Å²) in [6, 6.07) is 11.9. The molecular formula is C25H26N6O2S. The van der Waals surface area contributed by atoms with Crippen molar-refractivity contribution in [3.05, 3.63) is 81.2 Å². The average molecular weight is 475 g/mol. The fourth-order valence-corrected chi connectivity index (χ4v) is 5.23. The van der Waals surface area contributed by atoms with Crippen LogP contribution in [-0.4, -0.2) is 42.4 Å². The number of pyridine rings is 1. The van der Waals surface area contributed by atoms with Crippen LogP contribution in [0.5, 0.6) is 0 Å². The van der Waals surface area contributed by atoms with E-state index in [1.807, 2.05) is 60.7 Å². The van der Waals surface area contributed by atoms with E-state index in [1.165, 1.54) is 17.3 Å². The van der Waals surface area contributed by atoms with Crippen LogP contribution in [0.25, 0.3) is 5.65 Å². The van der Waals surface area contributed by atoms with E-state index in [0.29, 0.717) is 34.3 Å². The molecule has 1 aliphatic heterocycles. The molecular weight excluding hydrogens is 448 g/mol. The maximum absolute atomic E-state index is 13.1. The van der Waals surface area contributed by atoms with Crippen LogP contribution in [0.1, 0.15) is 34.6 Å². The molecule has 1 aliphatic rings. The molecule has 4 heterocycles. The minimum atomic E-state index is -0.0951. The zero-order valence-electron chi connectivity index (χ0n) is 19.5. The molecule has 0 unspecified atom stereocenters. The second-order valence-electron chi connectivity index (χ2n) is 8.57. The van der Waals surface area contributed by atoms with Crippen molar-refractivity contribution >= 4 is 29.0 Å². The Balaban J connectivity index is 1.33. The second kappa shape index (κ2) is 9.06. The fraction of sp³-hybridized carbons (Fsp3) is 0.320. The molecule has 0 bridgehead atoms. The Bertz CT molecular complexity index is 1460. The monoisotopic (exact) mass is 474 g/mol. The van der Waals surface area contributed by atoms with Crippen molar-refractivity contribution in [2.24, 2.45) is 7.05 Å². The summed E-state index contributed by atoms with van der Waals surface area (Å²) in [7, 11) is 1.86. The molecule has 0 fully saturated rings. The van der Waals surface area contributed by atoms with Crippen LogP contribution in [0.15, 0.2) is 52.5 Å². The van der Waals surface area contributed by atoms with Crippen LogP contribution in [0.3, 0.4) is 0 Å². The first-order chi connectivity index (χ1) is 16.4. The maximum atomic E-state index is 13.1. The van der Waals surface area contributed by atoms with Crippen LogP contribution in [0.4, 0.5) is 5.69 Å². The normalized spacial score (nSPS) is 13.3. The summed E-state index contributed by atoms with van der Waals surface area (Å²) in [5.41, 5.74) is 5.03. The van der Waals surface area contributed by atoms with Crippen LogP contribution < -0.4 is 10.5 Å². The number of benzene rings is 1. The summed E-state index contributed by atoms with van der Waals surface area (Å²) in [5, 5.41) is 9.24. The highest BCUT2D eigenvalue weighted by Gasteiger charge is 2.23. The third kappa shape index (κ3) is 4.00. The molecule has 8 nitrogen and oxygen atoms in total. The summed E-state index contributed by atoms with van der Waals surface area (Å²) in [6.07, 6.45) is 4.03. The standard InChI is InChI=1S/C25H26N6O2S/c1-16-8-6-13-31-23(16)26-17(2)19(24(31)33)14-21-27-28-25(29(21)3)34-15-22(32)30-12-7-10-18-9-4-5-11-20(18)30/h4-6,8-9,11,13H,7,10,12,14-15H2,1-3H3. The Hall–Kier alpha value is -3.46. The number of nitrogens with zero attached hydrogens (tertiary/aromatic N) is 6. The first-order valence-electron chi connectivity index (χ1n) is 11.3. The molecule has 3 aromatic heterocycles. The Morgan fingerprint density at radius 1 is 1.12 bits per heavy atom. The number of hydrogen-bond acceptors (Lipinski definition) is 6. The molecule has 0 saturated heterocycles. The largest absolute Gasteiger partial charge is 0.311 e. The molecule has 0 saturated carbocycles. The van der Waals surface area contributed by atoms with Crippen molar-refractivity contribution in [2.45, 2.75) is 38.3 Å². The topological polar surface area (TPSA) is 85.4 Å². The summed E-state index contributed by atoms with van der Waals surface area (Å²) >= 11 is 1.37. The number of para-hydroxylation sites is 1. The van der Waals surface area contributed by atoms with Gasteiger partial charge in [-0.1, -0.05) is 36.0 Å². The third-order valence-electron chi connectivity index (χ3n) is 6.35. The number of fused-ring (bicyclic) bond motifs is 2. The minimum absolute atomic E-state index is 0.0601. The van der Waals surface area contributed by atoms with Crippen LogP contribution in [-0.2, 0) is 24.7 Å². The molecule has 4 aromatic rings. The first kappa shape index (κ1) is 22.3. The molecule has 1 aromatic carbocycles. The van der Waals surface area contributed by atoms with Gasteiger partial charge in [-0.25, -0.2) is 4.98 Å². The summed E-state index contributed by atoms with van der Waals surface area (Å²) < 4.78 is 3.44. The van der Waals surface area contributed by atoms with Gasteiger partial charge in [0.2, 0.25) is 5.91 Å². The van der Waals surface area contributed by atoms with Gasteiger partial charge < -0.3 is 9.47 Å². The van der Waals surface area contributed by atoms with Crippen molar-refractivity contribution < 1.29 is 4.79 Å². The smallest absolute Gasteiger partial charge is 0.261 e. The van der Waals surface area contributed by atoms with E-state index >= 15 is 0 Å². The number of aromatic nitrogens is 5. The second-order valence-corrected chi connectivity index (χ2v) is 9.51. The highest BCUT2D eigenvalue weighted by atomic mass is 32.2.